The average molecular weight is 588 g/mol. The smallest absolute Gasteiger partial charge is 0.101 e. The van der Waals surface area contributed by atoms with Crippen molar-refractivity contribution < 1.29 is 37.6 Å². The largest absolute Gasteiger partial charge is 0.411 e. The van der Waals surface area contributed by atoms with Crippen LogP contribution in [0.5, 0.6) is 0 Å². The van der Waals surface area contributed by atoms with E-state index in [1.807, 2.05) is 19.1 Å². The molecule has 1 radical (unpaired) electrons. The molecule has 37 heavy (non-hydrogen) atoms. The van der Waals surface area contributed by atoms with Gasteiger partial charge < -0.3 is 20.8 Å². The van der Waals surface area contributed by atoms with E-state index in [0.717, 1.165) is 0 Å². The second-order valence-electron chi connectivity index (χ2n) is 8.33. The number of hydrogen-bond acceptors (Lipinski definition) is 9. The Morgan fingerprint density at radius 2 is 0.919 bits per heavy atom. The topological polar surface area (TPSA) is 143 Å². The first-order valence-corrected chi connectivity index (χ1v) is 14.8. The van der Waals surface area contributed by atoms with Crippen LogP contribution in [0.25, 0.3) is 0 Å². The summed E-state index contributed by atoms with van der Waals surface area (Å²) in [5.41, 5.74) is 2.51. The van der Waals surface area contributed by atoms with Crippen LogP contribution in [0.1, 0.15) is 92.6 Å². The molecule has 0 aliphatic carbocycles. The van der Waals surface area contributed by atoms with Gasteiger partial charge in [-0.15, -0.1) is 0 Å². The Morgan fingerprint density at radius 1 is 0.649 bits per heavy atom. The van der Waals surface area contributed by atoms with Crippen LogP contribution in [0.15, 0.2) is 45.1 Å². The van der Waals surface area contributed by atoms with Crippen molar-refractivity contribution in [3.05, 3.63) is 30.1 Å². The van der Waals surface area contributed by atoms with E-state index in [4.69, 9.17) is 20.8 Å². The normalized spacial score (nSPS) is 11.7. The fourth-order valence-corrected chi connectivity index (χ4v) is 5.68. The summed E-state index contributed by atoms with van der Waals surface area (Å²) in [6, 6.07) is 3.94. The number of nitrogens with zero attached hydrogens (tertiary/aromatic N) is 5. The van der Waals surface area contributed by atoms with Gasteiger partial charge in [-0.25, -0.2) is 0 Å². The second-order valence-corrected chi connectivity index (χ2v) is 11.3. The number of aryl methyl sites for hydroxylation is 1. The van der Waals surface area contributed by atoms with E-state index in [1.165, 1.54) is 71.8 Å². The fraction of sp³-hybridized carbons (Fsp3) is 0.654. The van der Waals surface area contributed by atoms with E-state index in [-0.39, 0.29) is 24.7 Å². The van der Waals surface area contributed by atoms with Crippen molar-refractivity contribution in [3.63, 3.8) is 0 Å². The molecule has 0 atom stereocenters. The van der Waals surface area contributed by atoms with Crippen molar-refractivity contribution in [2.45, 2.75) is 93.9 Å². The monoisotopic (exact) mass is 587 g/mol. The van der Waals surface area contributed by atoms with Crippen molar-refractivity contribution in [2.24, 2.45) is 20.6 Å². The zero-order valence-corrected chi connectivity index (χ0v) is 26.1. The van der Waals surface area contributed by atoms with E-state index >= 15 is 0 Å². The third-order valence-electron chi connectivity index (χ3n) is 5.15. The molecular weight excluding hydrogens is 536 g/mol. The molecule has 0 fully saturated rings. The summed E-state index contributed by atoms with van der Waals surface area (Å²) in [6.07, 6.45) is 17.0. The van der Waals surface area contributed by atoms with Crippen LogP contribution in [0.4, 0.5) is 0 Å². The molecule has 1 rings (SSSR count). The molecule has 0 saturated heterocycles. The number of pyridine rings is 1. The molecule has 217 valence electrons. The molecule has 0 unspecified atom stereocenters. The van der Waals surface area contributed by atoms with E-state index < -0.39 is 0 Å². The minimum atomic E-state index is 0. The molecular formula is C26H51CoN5O4P+. The van der Waals surface area contributed by atoms with Gasteiger partial charge in [0.25, 0.3) is 0 Å². The molecule has 1 heterocycles. The predicted octanol–water partition coefficient (Wildman–Crippen LogP) is 7.36. The Bertz CT molecular complexity index is 665. The molecule has 0 aliphatic rings. The van der Waals surface area contributed by atoms with Crippen LogP contribution in [0.2, 0.25) is 0 Å². The van der Waals surface area contributed by atoms with Gasteiger partial charge >= 0.3 is 0 Å². The van der Waals surface area contributed by atoms with Gasteiger partial charge in [-0.05, 0) is 71.6 Å². The van der Waals surface area contributed by atoms with Gasteiger partial charge in [0.15, 0.2) is 0 Å². The van der Waals surface area contributed by atoms with E-state index in [9.17, 15) is 0 Å². The van der Waals surface area contributed by atoms with Crippen molar-refractivity contribution in [1.29, 1.82) is 0 Å². The molecule has 0 saturated carbocycles. The van der Waals surface area contributed by atoms with Gasteiger partial charge in [0, 0.05) is 37.1 Å². The third-order valence-corrected chi connectivity index (χ3v) is 8.33. The van der Waals surface area contributed by atoms with Crippen LogP contribution in [-0.4, -0.2) is 67.1 Å². The standard InChI is InChI=1S/C12H27P.C6H7N.2C4H8N2O2.Co/c1-4-7-10-13(11-8-5-2)12-9-6-3;1-6-2-4-7-5-3-6;2*1-3(5-7)4(2)6-8;/h4-12H2,1-3H3;2-5H,1H3;2*7-8H,1-2H3;/p+1/b;;2*5-3+,6-4+;. The van der Waals surface area contributed by atoms with Crippen molar-refractivity contribution in [2.75, 3.05) is 18.5 Å². The second kappa shape index (κ2) is 32.0. The number of rotatable bonds is 11. The Morgan fingerprint density at radius 3 is 1.08 bits per heavy atom. The summed E-state index contributed by atoms with van der Waals surface area (Å²) >= 11 is 0. The van der Waals surface area contributed by atoms with E-state index in [2.05, 4.69) is 46.4 Å². The van der Waals surface area contributed by atoms with Gasteiger partial charge in [0.2, 0.25) is 0 Å². The van der Waals surface area contributed by atoms with Crippen LogP contribution >= 0.6 is 7.92 Å². The third kappa shape index (κ3) is 30.1. The number of oxime groups is 4. The van der Waals surface area contributed by atoms with E-state index in [1.54, 1.807) is 30.9 Å². The summed E-state index contributed by atoms with van der Waals surface area (Å²) < 4.78 is 0. The predicted molar refractivity (Wildman–Crippen MR) is 156 cm³/mol. The molecule has 11 heteroatoms. The first-order valence-electron chi connectivity index (χ1n) is 12.6. The van der Waals surface area contributed by atoms with Gasteiger partial charge in [0.05, 0.1) is 18.5 Å². The number of hydrogen-bond donors (Lipinski definition) is 4. The molecule has 0 aliphatic heterocycles. The van der Waals surface area contributed by atoms with E-state index in [0.29, 0.717) is 22.8 Å². The van der Waals surface area contributed by atoms with Crippen molar-refractivity contribution in [3.8, 4) is 0 Å². The zero-order valence-electron chi connectivity index (χ0n) is 24.0. The summed E-state index contributed by atoms with van der Waals surface area (Å²) in [7, 11) is 0.0675. The van der Waals surface area contributed by atoms with Gasteiger partial charge in [-0.3, -0.25) is 4.98 Å². The summed E-state index contributed by atoms with van der Waals surface area (Å²) in [6.45, 7) is 15.1. The quantitative estimate of drug-likeness (QED) is 0.0926. The number of aromatic nitrogens is 1. The Balaban J connectivity index is -0.000000201. The van der Waals surface area contributed by atoms with Gasteiger partial charge in [-0.2, -0.15) is 0 Å². The molecule has 9 nitrogen and oxygen atoms in total. The molecule has 0 spiro atoms. The maximum absolute atomic E-state index is 8.03. The van der Waals surface area contributed by atoms with Crippen molar-refractivity contribution in [1.82, 2.24) is 4.98 Å². The molecule has 0 amide bonds. The molecule has 1 aromatic rings. The number of unbranched alkanes of at least 4 members (excludes halogenated alkanes) is 3. The SMILES string of the molecule is CC(=N\O)/C(C)=N/O.CC(=N\O)/C(C)=N/O.CCCC[PH+](CCCC)CCCC.Cc1ccncc1.[Co]. The zero-order chi connectivity index (χ0) is 28.2. The van der Waals surface area contributed by atoms with Crippen LogP contribution < -0.4 is 0 Å². The minimum absolute atomic E-state index is 0. The maximum atomic E-state index is 8.03. The maximum Gasteiger partial charge on any atom is 0.101 e. The first kappa shape index (κ1) is 42.1. The Hall–Kier alpha value is -2.03. The summed E-state index contributed by atoms with van der Waals surface area (Å²) in [4.78, 5) is 3.85. The summed E-state index contributed by atoms with van der Waals surface area (Å²) in [5, 5.41) is 43.3. The Kier molecular flexibility index (Phi) is 36.4. The first-order chi connectivity index (χ1) is 17.2. The fourth-order valence-electron chi connectivity index (χ4n) is 2.37. The van der Waals surface area contributed by atoms with Crippen LogP contribution in [-0.2, 0) is 16.8 Å². The van der Waals surface area contributed by atoms with Crippen molar-refractivity contribution >= 4 is 30.8 Å². The average Bonchev–Trinajstić information content (AvgIpc) is 2.92. The van der Waals surface area contributed by atoms with Crippen LogP contribution in [0, 0.1) is 6.92 Å². The Labute approximate surface area is 236 Å². The van der Waals surface area contributed by atoms with Crippen LogP contribution in [0.3, 0.4) is 0 Å². The van der Waals surface area contributed by atoms with Gasteiger partial charge in [0.1, 0.15) is 22.8 Å². The molecule has 0 aromatic carbocycles. The molecule has 0 bridgehead atoms. The summed E-state index contributed by atoms with van der Waals surface area (Å²) in [5.74, 6) is 0. The molecule has 4 N–H and O–H groups in total. The minimum Gasteiger partial charge on any atom is -0.411 e. The van der Waals surface area contributed by atoms with Gasteiger partial charge in [-0.1, -0.05) is 60.7 Å². The molecule has 1 aromatic heterocycles.